The Morgan fingerprint density at radius 2 is 2.23 bits per heavy atom. The molecule has 1 aliphatic carbocycles. The molecule has 2 bridgehead atoms. The van der Waals surface area contributed by atoms with Gasteiger partial charge in [-0.3, -0.25) is 14.7 Å². The summed E-state index contributed by atoms with van der Waals surface area (Å²) < 4.78 is 0. The standard InChI is InChI=1S/C24H28N6O/c1-29(20-9-2-5-15-6-4-10-25-22(15)20)14-21-27-19-8-3-7-18(23(19)28-21)24(31)30-13-16-11-17(30)12-26-16/h3-4,6-8,10,16-17,20,26H,2,5,9,11-14H2,1H3,(H,27,28)/t16-,17-,20?/m0/s1. The SMILES string of the molecule is CN(Cc1nc2c(C(=O)N3C[C@@H]4C[C@H]3CN4)cccc2[nH]1)C1CCCc2cccnc21. The summed E-state index contributed by atoms with van der Waals surface area (Å²) in [5.74, 6) is 1.00. The van der Waals surface area contributed by atoms with Crippen molar-refractivity contribution in [2.75, 3.05) is 20.1 Å². The van der Waals surface area contributed by atoms with Crippen molar-refractivity contribution in [2.24, 2.45) is 0 Å². The van der Waals surface area contributed by atoms with Gasteiger partial charge in [-0.15, -0.1) is 0 Å². The van der Waals surface area contributed by atoms with Crippen molar-refractivity contribution in [3.8, 4) is 0 Å². The third kappa shape index (κ3) is 3.23. The van der Waals surface area contributed by atoms with Crippen LogP contribution in [-0.4, -0.2) is 62.9 Å². The van der Waals surface area contributed by atoms with Gasteiger partial charge in [0.1, 0.15) is 11.3 Å². The average Bonchev–Trinajstić information content (AvgIpc) is 3.53. The van der Waals surface area contributed by atoms with E-state index in [1.54, 1.807) is 0 Å². The minimum Gasteiger partial charge on any atom is -0.341 e. The van der Waals surface area contributed by atoms with E-state index in [9.17, 15) is 4.79 Å². The van der Waals surface area contributed by atoms with Crippen LogP contribution in [0.5, 0.6) is 0 Å². The highest BCUT2D eigenvalue weighted by Crippen LogP contribution is 2.33. The van der Waals surface area contributed by atoms with Gasteiger partial charge in [0, 0.05) is 31.4 Å². The number of aromatic nitrogens is 3. The summed E-state index contributed by atoms with van der Waals surface area (Å²) in [7, 11) is 2.14. The van der Waals surface area contributed by atoms with Crippen LogP contribution in [0.1, 0.15) is 52.7 Å². The third-order valence-corrected chi connectivity index (χ3v) is 7.21. The lowest BCUT2D eigenvalue weighted by atomic mass is 9.91. The van der Waals surface area contributed by atoms with E-state index in [1.807, 2.05) is 35.4 Å². The molecule has 1 amide bonds. The highest BCUT2D eigenvalue weighted by Gasteiger charge is 2.40. The smallest absolute Gasteiger partial charge is 0.256 e. The fourth-order valence-corrected chi connectivity index (χ4v) is 5.66. The molecule has 4 heterocycles. The first kappa shape index (κ1) is 19.0. The lowest BCUT2D eigenvalue weighted by molar-refractivity contribution is 0.0718. The van der Waals surface area contributed by atoms with Crippen LogP contribution < -0.4 is 5.32 Å². The highest BCUT2D eigenvalue weighted by atomic mass is 16.2. The van der Waals surface area contributed by atoms with Crippen LogP contribution in [0.25, 0.3) is 11.0 Å². The van der Waals surface area contributed by atoms with E-state index in [4.69, 9.17) is 4.98 Å². The largest absolute Gasteiger partial charge is 0.341 e. The molecule has 2 N–H and O–H groups in total. The number of fused-ring (bicyclic) bond motifs is 4. The zero-order valence-corrected chi connectivity index (χ0v) is 17.8. The Hall–Kier alpha value is -2.77. The van der Waals surface area contributed by atoms with Crippen LogP contribution >= 0.6 is 0 Å². The number of carbonyl (C=O) groups excluding carboxylic acids is 1. The first-order chi connectivity index (χ1) is 15.2. The monoisotopic (exact) mass is 416 g/mol. The van der Waals surface area contributed by atoms with Crippen LogP contribution in [0.4, 0.5) is 0 Å². The van der Waals surface area contributed by atoms with Crippen LogP contribution in [0.2, 0.25) is 0 Å². The van der Waals surface area contributed by atoms with Gasteiger partial charge in [-0.05, 0) is 56.5 Å². The molecule has 31 heavy (non-hydrogen) atoms. The molecule has 1 unspecified atom stereocenters. The van der Waals surface area contributed by atoms with Gasteiger partial charge in [0.15, 0.2) is 0 Å². The summed E-state index contributed by atoms with van der Waals surface area (Å²) in [5, 5.41) is 3.47. The zero-order chi connectivity index (χ0) is 20.9. The Balaban J connectivity index is 1.26. The quantitative estimate of drug-likeness (QED) is 0.684. The number of aromatic amines is 1. The Morgan fingerprint density at radius 1 is 1.29 bits per heavy atom. The van der Waals surface area contributed by atoms with Gasteiger partial charge in [-0.1, -0.05) is 12.1 Å². The molecule has 7 heteroatoms. The highest BCUT2D eigenvalue weighted by molar-refractivity contribution is 6.05. The summed E-state index contributed by atoms with van der Waals surface area (Å²) >= 11 is 0. The molecule has 1 aromatic carbocycles. The predicted octanol–water partition coefficient (Wildman–Crippen LogP) is 2.65. The van der Waals surface area contributed by atoms with Gasteiger partial charge in [-0.2, -0.15) is 0 Å². The third-order valence-electron chi connectivity index (χ3n) is 7.21. The molecule has 7 nitrogen and oxygen atoms in total. The van der Waals surface area contributed by atoms with E-state index >= 15 is 0 Å². The van der Waals surface area contributed by atoms with E-state index in [1.165, 1.54) is 17.7 Å². The van der Waals surface area contributed by atoms with Crippen LogP contribution in [0, 0.1) is 0 Å². The van der Waals surface area contributed by atoms with E-state index in [0.717, 1.165) is 49.2 Å². The Morgan fingerprint density at radius 3 is 3.06 bits per heavy atom. The summed E-state index contributed by atoms with van der Waals surface area (Å²) in [5.41, 5.74) is 4.98. The Bertz CT molecular complexity index is 1140. The van der Waals surface area contributed by atoms with Crippen molar-refractivity contribution < 1.29 is 4.79 Å². The number of imidazole rings is 1. The number of hydrogen-bond donors (Lipinski definition) is 2. The number of amides is 1. The minimum atomic E-state index is 0.108. The van der Waals surface area contributed by atoms with E-state index in [2.05, 4.69) is 33.3 Å². The number of rotatable bonds is 4. The second-order valence-corrected chi connectivity index (χ2v) is 9.21. The van der Waals surface area contributed by atoms with Crippen molar-refractivity contribution >= 4 is 16.9 Å². The second kappa shape index (κ2) is 7.43. The zero-order valence-electron chi connectivity index (χ0n) is 17.8. The first-order valence-electron chi connectivity index (χ1n) is 11.3. The van der Waals surface area contributed by atoms with Gasteiger partial charge < -0.3 is 15.2 Å². The molecular weight excluding hydrogens is 388 g/mol. The Kier molecular flexibility index (Phi) is 4.54. The first-order valence-corrected chi connectivity index (χ1v) is 11.3. The van der Waals surface area contributed by atoms with E-state index in [-0.39, 0.29) is 5.91 Å². The van der Waals surface area contributed by atoms with Crippen molar-refractivity contribution in [2.45, 2.75) is 50.4 Å². The lowest BCUT2D eigenvalue weighted by Crippen LogP contribution is -2.46. The summed E-state index contributed by atoms with van der Waals surface area (Å²) in [6.07, 6.45) is 6.35. The number of nitrogens with one attached hydrogen (secondary N) is 2. The number of para-hydroxylation sites is 1. The molecule has 0 saturated carbocycles. The topological polar surface area (TPSA) is 77.2 Å². The van der Waals surface area contributed by atoms with Crippen molar-refractivity contribution in [3.05, 3.63) is 59.2 Å². The molecule has 3 aliphatic rings. The molecule has 6 rings (SSSR count). The normalized spacial score (nSPS) is 24.8. The second-order valence-electron chi connectivity index (χ2n) is 9.21. The maximum absolute atomic E-state index is 13.3. The molecule has 3 atom stereocenters. The van der Waals surface area contributed by atoms with Crippen LogP contribution in [-0.2, 0) is 13.0 Å². The molecule has 2 fully saturated rings. The minimum absolute atomic E-state index is 0.108. The number of aryl methyl sites for hydroxylation is 1. The summed E-state index contributed by atoms with van der Waals surface area (Å²) in [4.78, 5) is 30.7. The lowest BCUT2D eigenvalue weighted by Gasteiger charge is -2.31. The number of pyridine rings is 1. The summed E-state index contributed by atoms with van der Waals surface area (Å²) in [6, 6.07) is 11.2. The molecule has 2 saturated heterocycles. The van der Waals surface area contributed by atoms with Crippen LogP contribution in [0.3, 0.4) is 0 Å². The number of benzene rings is 1. The molecule has 160 valence electrons. The van der Waals surface area contributed by atoms with E-state index in [0.29, 0.717) is 30.2 Å². The average molecular weight is 417 g/mol. The number of H-pyrrole nitrogens is 1. The van der Waals surface area contributed by atoms with Crippen molar-refractivity contribution in [1.82, 2.24) is 30.1 Å². The maximum atomic E-state index is 13.3. The van der Waals surface area contributed by atoms with Gasteiger partial charge >= 0.3 is 0 Å². The number of nitrogens with zero attached hydrogens (tertiary/aromatic N) is 4. The fraction of sp³-hybridized carbons (Fsp3) is 0.458. The predicted molar refractivity (Wildman–Crippen MR) is 119 cm³/mol. The molecule has 2 aliphatic heterocycles. The number of piperazine rings is 1. The summed E-state index contributed by atoms with van der Waals surface area (Å²) in [6.45, 7) is 2.40. The Labute approximate surface area is 181 Å². The van der Waals surface area contributed by atoms with Gasteiger partial charge in [-0.25, -0.2) is 4.98 Å². The number of hydrogen-bond acceptors (Lipinski definition) is 5. The van der Waals surface area contributed by atoms with Crippen molar-refractivity contribution in [1.29, 1.82) is 0 Å². The number of likely N-dealkylation sites (tertiary alicyclic amines) is 1. The van der Waals surface area contributed by atoms with Crippen LogP contribution in [0.15, 0.2) is 36.5 Å². The van der Waals surface area contributed by atoms with Gasteiger partial charge in [0.2, 0.25) is 0 Å². The molecule has 3 aromatic rings. The van der Waals surface area contributed by atoms with E-state index < -0.39 is 0 Å². The van der Waals surface area contributed by atoms with Gasteiger partial charge in [0.25, 0.3) is 5.91 Å². The number of carbonyl (C=O) groups is 1. The fourth-order valence-electron chi connectivity index (χ4n) is 5.66. The maximum Gasteiger partial charge on any atom is 0.256 e. The molecular formula is C24H28N6O. The van der Waals surface area contributed by atoms with Crippen molar-refractivity contribution in [3.63, 3.8) is 0 Å². The molecule has 0 spiro atoms. The molecule has 2 aromatic heterocycles. The van der Waals surface area contributed by atoms with Gasteiger partial charge in [0.05, 0.1) is 29.4 Å². The molecule has 0 radical (unpaired) electrons.